The van der Waals surface area contributed by atoms with Crippen LogP contribution in [0.3, 0.4) is 0 Å². The number of rotatable bonds is 4. The summed E-state index contributed by atoms with van der Waals surface area (Å²) in [7, 11) is 0. The molecular weight excluding hydrogens is 342 g/mol. The molecule has 2 rings (SSSR count). The van der Waals surface area contributed by atoms with Crippen LogP contribution in [0.1, 0.15) is 13.3 Å². The first-order valence-electron chi connectivity index (χ1n) is 6.04. The van der Waals surface area contributed by atoms with Crippen molar-refractivity contribution in [1.82, 2.24) is 0 Å². The molecule has 21 heavy (non-hydrogen) atoms. The number of halogens is 3. The van der Waals surface area contributed by atoms with Gasteiger partial charge in [-0.25, -0.2) is 9.59 Å². The molecule has 1 fully saturated rings. The Morgan fingerprint density at radius 2 is 1.95 bits per heavy atom. The lowest BCUT2D eigenvalue weighted by Gasteiger charge is -2.11. The van der Waals surface area contributed by atoms with Gasteiger partial charge in [0.2, 0.25) is 6.10 Å². The SMILES string of the molecule is CC1CC(OC(=O)COc2cc(Cl)c(Cl)cc2Cl)C(=O)O1. The summed E-state index contributed by atoms with van der Waals surface area (Å²) in [6.45, 7) is 1.31. The summed E-state index contributed by atoms with van der Waals surface area (Å²) >= 11 is 17.5. The molecule has 5 nitrogen and oxygen atoms in total. The first kappa shape index (κ1) is 16.2. The van der Waals surface area contributed by atoms with Gasteiger partial charge < -0.3 is 14.2 Å². The monoisotopic (exact) mass is 352 g/mol. The van der Waals surface area contributed by atoms with Crippen LogP contribution < -0.4 is 4.74 Å². The maximum absolute atomic E-state index is 11.6. The van der Waals surface area contributed by atoms with Gasteiger partial charge in [-0.3, -0.25) is 0 Å². The van der Waals surface area contributed by atoms with Gasteiger partial charge in [0.25, 0.3) is 0 Å². The molecule has 0 saturated carbocycles. The smallest absolute Gasteiger partial charge is 0.347 e. The Labute approximate surface area is 136 Å². The highest BCUT2D eigenvalue weighted by molar-refractivity contribution is 6.43. The van der Waals surface area contributed by atoms with Crippen LogP contribution in [-0.4, -0.2) is 30.8 Å². The van der Waals surface area contributed by atoms with E-state index in [1.165, 1.54) is 12.1 Å². The predicted molar refractivity (Wildman–Crippen MR) is 77.0 cm³/mol. The van der Waals surface area contributed by atoms with Crippen molar-refractivity contribution in [2.75, 3.05) is 6.61 Å². The predicted octanol–water partition coefficient (Wildman–Crippen LogP) is 3.27. The van der Waals surface area contributed by atoms with Gasteiger partial charge in [-0.15, -0.1) is 0 Å². The van der Waals surface area contributed by atoms with Crippen LogP contribution in [0.5, 0.6) is 5.75 Å². The number of cyclic esters (lactones) is 1. The number of esters is 2. The van der Waals surface area contributed by atoms with Crippen molar-refractivity contribution < 1.29 is 23.8 Å². The highest BCUT2D eigenvalue weighted by Gasteiger charge is 2.35. The van der Waals surface area contributed by atoms with Gasteiger partial charge in [0.05, 0.1) is 15.1 Å². The lowest BCUT2D eigenvalue weighted by molar-refractivity contribution is -0.162. The molecule has 0 N–H and O–H groups in total. The molecule has 1 saturated heterocycles. The Balaban J connectivity index is 1.90. The lowest BCUT2D eigenvalue weighted by Crippen LogP contribution is -2.26. The second-order valence-electron chi connectivity index (χ2n) is 4.45. The molecule has 1 aromatic carbocycles. The zero-order chi connectivity index (χ0) is 15.6. The van der Waals surface area contributed by atoms with Gasteiger partial charge in [0, 0.05) is 12.5 Å². The maximum atomic E-state index is 11.6. The van der Waals surface area contributed by atoms with Gasteiger partial charge in [0.1, 0.15) is 11.9 Å². The van der Waals surface area contributed by atoms with E-state index in [-0.39, 0.29) is 26.9 Å². The average Bonchev–Trinajstić information content (AvgIpc) is 2.70. The molecule has 0 aliphatic carbocycles. The molecule has 1 aromatic rings. The summed E-state index contributed by atoms with van der Waals surface area (Å²) < 4.78 is 15.0. The zero-order valence-corrected chi connectivity index (χ0v) is 13.2. The minimum absolute atomic E-state index is 0.199. The van der Waals surface area contributed by atoms with Crippen LogP contribution in [0.4, 0.5) is 0 Å². The summed E-state index contributed by atoms with van der Waals surface area (Å²) in [4.78, 5) is 23.0. The third kappa shape index (κ3) is 4.15. The van der Waals surface area contributed by atoms with Crippen molar-refractivity contribution in [2.24, 2.45) is 0 Å². The van der Waals surface area contributed by atoms with Gasteiger partial charge in [-0.2, -0.15) is 0 Å². The fourth-order valence-corrected chi connectivity index (χ4v) is 2.35. The van der Waals surface area contributed by atoms with Crippen LogP contribution >= 0.6 is 34.8 Å². The first-order valence-corrected chi connectivity index (χ1v) is 7.17. The number of benzene rings is 1. The van der Waals surface area contributed by atoms with Crippen molar-refractivity contribution in [2.45, 2.75) is 25.6 Å². The van der Waals surface area contributed by atoms with E-state index in [1.54, 1.807) is 6.92 Å². The molecule has 0 amide bonds. The summed E-state index contributed by atoms with van der Waals surface area (Å²) in [5.74, 6) is -1.05. The number of carbonyl (C=O) groups excluding carboxylic acids is 2. The molecule has 1 aliphatic rings. The van der Waals surface area contributed by atoms with Gasteiger partial charge in [0.15, 0.2) is 6.61 Å². The quantitative estimate of drug-likeness (QED) is 0.614. The zero-order valence-electron chi connectivity index (χ0n) is 10.9. The molecule has 1 aliphatic heterocycles. The van der Waals surface area contributed by atoms with Crippen LogP contribution in [0.15, 0.2) is 12.1 Å². The topological polar surface area (TPSA) is 61.8 Å². The highest BCUT2D eigenvalue weighted by Crippen LogP contribution is 2.33. The van der Waals surface area contributed by atoms with E-state index in [0.29, 0.717) is 6.42 Å². The Morgan fingerprint density at radius 3 is 2.57 bits per heavy atom. The van der Waals surface area contributed by atoms with Crippen molar-refractivity contribution in [1.29, 1.82) is 0 Å². The van der Waals surface area contributed by atoms with Gasteiger partial charge >= 0.3 is 11.9 Å². The van der Waals surface area contributed by atoms with Crippen molar-refractivity contribution >= 4 is 46.7 Å². The fraction of sp³-hybridized carbons (Fsp3) is 0.385. The van der Waals surface area contributed by atoms with Crippen molar-refractivity contribution in [3.05, 3.63) is 27.2 Å². The molecule has 2 atom stereocenters. The largest absolute Gasteiger partial charge is 0.480 e. The van der Waals surface area contributed by atoms with Gasteiger partial charge in [-0.05, 0) is 13.0 Å². The van der Waals surface area contributed by atoms with E-state index in [9.17, 15) is 9.59 Å². The summed E-state index contributed by atoms with van der Waals surface area (Å²) in [6, 6.07) is 2.80. The molecular formula is C13H11Cl3O5. The third-order valence-electron chi connectivity index (χ3n) is 2.72. The van der Waals surface area contributed by atoms with E-state index in [4.69, 9.17) is 49.0 Å². The molecule has 114 valence electrons. The Hall–Kier alpha value is -1.17. The van der Waals surface area contributed by atoms with Gasteiger partial charge in [-0.1, -0.05) is 34.8 Å². The van der Waals surface area contributed by atoms with E-state index in [2.05, 4.69) is 0 Å². The number of carbonyl (C=O) groups is 2. The average molecular weight is 354 g/mol. The highest BCUT2D eigenvalue weighted by atomic mass is 35.5. The molecule has 0 aromatic heterocycles. The minimum Gasteiger partial charge on any atom is -0.480 e. The van der Waals surface area contributed by atoms with E-state index < -0.39 is 24.6 Å². The van der Waals surface area contributed by atoms with Crippen molar-refractivity contribution in [3.8, 4) is 5.75 Å². The molecule has 0 bridgehead atoms. The fourth-order valence-electron chi connectivity index (χ4n) is 1.76. The summed E-state index contributed by atoms with van der Waals surface area (Å²) in [6.07, 6.45) is -0.820. The molecule has 8 heteroatoms. The normalized spacial score (nSPS) is 21.0. The van der Waals surface area contributed by atoms with E-state index in [0.717, 1.165) is 0 Å². The number of hydrogen-bond acceptors (Lipinski definition) is 5. The minimum atomic E-state index is -0.889. The Kier molecular flexibility index (Phi) is 5.19. The summed E-state index contributed by atoms with van der Waals surface area (Å²) in [5, 5.41) is 0.739. The Morgan fingerprint density at radius 1 is 1.29 bits per heavy atom. The van der Waals surface area contributed by atoms with Crippen LogP contribution in [0.25, 0.3) is 0 Å². The van der Waals surface area contributed by atoms with E-state index >= 15 is 0 Å². The maximum Gasteiger partial charge on any atom is 0.347 e. The first-order chi connectivity index (χ1) is 9.86. The second-order valence-corrected chi connectivity index (χ2v) is 5.67. The molecule has 2 unspecified atom stereocenters. The standard InChI is InChI=1S/C13H11Cl3O5/c1-6-2-11(13(18)20-6)21-12(17)5-19-10-4-8(15)7(14)3-9(10)16/h3-4,6,11H,2,5H2,1H3. The number of ether oxygens (including phenoxy) is 3. The third-order valence-corrected chi connectivity index (χ3v) is 3.74. The second kappa shape index (κ2) is 6.73. The van der Waals surface area contributed by atoms with Crippen molar-refractivity contribution in [3.63, 3.8) is 0 Å². The van der Waals surface area contributed by atoms with Crippen LogP contribution in [0, 0.1) is 0 Å². The molecule has 1 heterocycles. The lowest BCUT2D eigenvalue weighted by atomic mass is 10.2. The molecule has 0 spiro atoms. The van der Waals surface area contributed by atoms with Crippen LogP contribution in [-0.2, 0) is 19.1 Å². The number of hydrogen-bond donors (Lipinski definition) is 0. The summed E-state index contributed by atoms with van der Waals surface area (Å²) in [5.41, 5.74) is 0. The van der Waals surface area contributed by atoms with E-state index in [1.807, 2.05) is 0 Å². The molecule has 0 radical (unpaired) electrons. The Bertz CT molecular complexity index is 575. The van der Waals surface area contributed by atoms with Crippen LogP contribution in [0.2, 0.25) is 15.1 Å².